The van der Waals surface area contributed by atoms with Gasteiger partial charge in [0.2, 0.25) is 5.91 Å². The molecule has 0 radical (unpaired) electrons. The van der Waals surface area contributed by atoms with Gasteiger partial charge in [-0.25, -0.2) is 0 Å². The van der Waals surface area contributed by atoms with Gasteiger partial charge in [0, 0.05) is 42.6 Å². The molecule has 0 aromatic heterocycles. The number of hydrogen-bond donors (Lipinski definition) is 1. The van der Waals surface area contributed by atoms with E-state index in [0.717, 1.165) is 11.4 Å². The normalized spacial score (nSPS) is 14.2. The van der Waals surface area contributed by atoms with E-state index >= 15 is 0 Å². The number of amides is 1. The third-order valence-electron chi connectivity index (χ3n) is 2.56. The Kier molecular flexibility index (Phi) is 3.14. The Morgan fingerprint density at radius 1 is 1.12 bits per heavy atom. The minimum absolute atomic E-state index is 0.0782. The van der Waals surface area contributed by atoms with Gasteiger partial charge in [-0.3, -0.25) is 9.69 Å². The van der Waals surface area contributed by atoms with Crippen molar-refractivity contribution >= 4 is 17.3 Å². The number of nitrogens with two attached hydrogens (primary N) is 1. The lowest BCUT2D eigenvalue weighted by Crippen LogP contribution is -2.24. The number of carbonyl (C=O) groups excluding carboxylic acids is 1. The lowest BCUT2D eigenvalue weighted by atomic mass is 10.2. The van der Waals surface area contributed by atoms with Gasteiger partial charge < -0.3 is 10.6 Å². The van der Waals surface area contributed by atoms with Gasteiger partial charge in [0.25, 0.3) is 0 Å². The molecule has 1 aliphatic heterocycles. The zero-order chi connectivity index (χ0) is 12.3. The largest absolute Gasteiger partial charge is 0.399 e. The van der Waals surface area contributed by atoms with E-state index in [-0.39, 0.29) is 5.91 Å². The number of carbonyl (C=O) groups is 1. The molecule has 88 valence electrons. The van der Waals surface area contributed by atoms with Crippen molar-refractivity contribution in [3.63, 3.8) is 0 Å². The van der Waals surface area contributed by atoms with Gasteiger partial charge in [-0.2, -0.15) is 0 Å². The summed E-state index contributed by atoms with van der Waals surface area (Å²) in [6.07, 6.45) is 7.69. The molecular formula is C13H15N3O. The van der Waals surface area contributed by atoms with E-state index < -0.39 is 0 Å². The van der Waals surface area contributed by atoms with Crippen molar-refractivity contribution in [3.8, 4) is 0 Å². The van der Waals surface area contributed by atoms with E-state index in [1.54, 1.807) is 17.3 Å². The second-order valence-corrected chi connectivity index (χ2v) is 3.75. The Bertz CT molecular complexity index is 448. The van der Waals surface area contributed by atoms with Crippen LogP contribution in [0.2, 0.25) is 0 Å². The summed E-state index contributed by atoms with van der Waals surface area (Å²) in [7, 11) is 0. The molecule has 0 saturated carbocycles. The van der Waals surface area contributed by atoms with Gasteiger partial charge in [0.1, 0.15) is 0 Å². The number of rotatable bonds is 2. The summed E-state index contributed by atoms with van der Waals surface area (Å²) in [4.78, 5) is 14.9. The highest BCUT2D eigenvalue weighted by atomic mass is 16.2. The predicted octanol–water partition coefficient (Wildman–Crippen LogP) is 2.27. The second kappa shape index (κ2) is 4.74. The van der Waals surface area contributed by atoms with Crippen LogP contribution in [-0.4, -0.2) is 10.8 Å². The maximum Gasteiger partial charge on any atom is 0.230 e. The molecule has 4 nitrogen and oxygen atoms in total. The fraction of sp³-hybridized carbons (Fsp3) is 0.154. The highest BCUT2D eigenvalue weighted by molar-refractivity contribution is 5.78. The molecule has 1 aromatic carbocycles. The Balaban J connectivity index is 2.10. The summed E-state index contributed by atoms with van der Waals surface area (Å²) < 4.78 is 0. The molecule has 4 heteroatoms. The van der Waals surface area contributed by atoms with Crippen LogP contribution >= 0.6 is 0 Å². The molecule has 0 atom stereocenters. The van der Waals surface area contributed by atoms with Crippen molar-refractivity contribution in [1.82, 2.24) is 4.90 Å². The summed E-state index contributed by atoms with van der Waals surface area (Å²) in [5, 5.41) is 0. The number of nitrogen functional groups attached to an aromatic ring is 1. The lowest BCUT2D eigenvalue weighted by molar-refractivity contribution is -0.126. The zero-order valence-electron chi connectivity index (χ0n) is 9.71. The molecule has 0 fully saturated rings. The minimum atomic E-state index is 0.0782. The SMILES string of the molecule is CCC(=O)N1C=CN(c2ccc(N)cc2)C=C1. The molecule has 17 heavy (non-hydrogen) atoms. The van der Waals surface area contributed by atoms with Crippen LogP contribution in [0.25, 0.3) is 0 Å². The van der Waals surface area contributed by atoms with Crippen LogP contribution in [0.15, 0.2) is 49.1 Å². The fourth-order valence-corrected chi connectivity index (χ4v) is 1.55. The lowest BCUT2D eigenvalue weighted by Gasteiger charge is -2.23. The summed E-state index contributed by atoms with van der Waals surface area (Å²) in [5.74, 6) is 0.0782. The summed E-state index contributed by atoms with van der Waals surface area (Å²) >= 11 is 0. The van der Waals surface area contributed by atoms with Crippen molar-refractivity contribution in [1.29, 1.82) is 0 Å². The van der Waals surface area contributed by atoms with Crippen LogP contribution in [-0.2, 0) is 4.79 Å². The van der Waals surface area contributed by atoms with Gasteiger partial charge >= 0.3 is 0 Å². The van der Waals surface area contributed by atoms with Crippen LogP contribution in [0.5, 0.6) is 0 Å². The standard InChI is InChI=1S/C13H15N3O/c1-2-13(17)16-9-7-15(8-10-16)12-5-3-11(14)4-6-12/h3-10H,2,14H2,1H3. The van der Waals surface area contributed by atoms with E-state index in [9.17, 15) is 4.79 Å². The van der Waals surface area contributed by atoms with Gasteiger partial charge in [0.05, 0.1) is 0 Å². The van der Waals surface area contributed by atoms with Crippen molar-refractivity contribution in [2.45, 2.75) is 13.3 Å². The predicted molar refractivity (Wildman–Crippen MR) is 68.8 cm³/mol. The maximum absolute atomic E-state index is 11.4. The second-order valence-electron chi connectivity index (χ2n) is 3.75. The van der Waals surface area contributed by atoms with E-state index in [0.29, 0.717) is 6.42 Å². The van der Waals surface area contributed by atoms with E-state index in [1.165, 1.54) is 0 Å². The smallest absolute Gasteiger partial charge is 0.230 e. The van der Waals surface area contributed by atoms with Crippen LogP contribution < -0.4 is 10.6 Å². The van der Waals surface area contributed by atoms with E-state index in [1.807, 2.05) is 48.5 Å². The first kappa shape index (κ1) is 11.3. The van der Waals surface area contributed by atoms with Gasteiger partial charge in [0.15, 0.2) is 0 Å². The third kappa shape index (κ3) is 2.47. The van der Waals surface area contributed by atoms with Gasteiger partial charge in [-0.05, 0) is 24.3 Å². The molecule has 0 aliphatic carbocycles. The molecule has 0 unspecified atom stereocenters. The average molecular weight is 229 g/mol. The summed E-state index contributed by atoms with van der Waals surface area (Å²) in [5.41, 5.74) is 7.38. The van der Waals surface area contributed by atoms with Crippen molar-refractivity contribution in [3.05, 3.63) is 49.1 Å². The molecule has 0 spiro atoms. The molecule has 1 heterocycles. The van der Waals surface area contributed by atoms with Crippen molar-refractivity contribution < 1.29 is 4.79 Å². The number of hydrogen-bond acceptors (Lipinski definition) is 3. The molecule has 2 N–H and O–H groups in total. The van der Waals surface area contributed by atoms with Crippen molar-refractivity contribution in [2.75, 3.05) is 10.6 Å². The van der Waals surface area contributed by atoms with Crippen molar-refractivity contribution in [2.24, 2.45) is 0 Å². The Hall–Kier alpha value is -2.23. The number of nitrogens with zero attached hydrogens (tertiary/aromatic N) is 2. The van der Waals surface area contributed by atoms with E-state index in [4.69, 9.17) is 5.73 Å². The Morgan fingerprint density at radius 2 is 1.71 bits per heavy atom. The first-order chi connectivity index (χ1) is 8.20. The van der Waals surface area contributed by atoms with Crippen LogP contribution in [0.4, 0.5) is 11.4 Å². The first-order valence-electron chi connectivity index (χ1n) is 5.52. The maximum atomic E-state index is 11.4. The monoisotopic (exact) mass is 229 g/mol. The van der Waals surface area contributed by atoms with E-state index in [2.05, 4.69) is 0 Å². The highest BCUT2D eigenvalue weighted by Crippen LogP contribution is 2.19. The van der Waals surface area contributed by atoms with Crippen LogP contribution in [0.1, 0.15) is 13.3 Å². The van der Waals surface area contributed by atoms with Crippen LogP contribution in [0, 0.1) is 0 Å². The molecule has 1 aliphatic rings. The first-order valence-corrected chi connectivity index (χ1v) is 5.52. The molecule has 0 saturated heterocycles. The number of benzene rings is 1. The highest BCUT2D eigenvalue weighted by Gasteiger charge is 2.10. The number of anilines is 2. The fourth-order valence-electron chi connectivity index (χ4n) is 1.55. The van der Waals surface area contributed by atoms with Gasteiger partial charge in [-0.15, -0.1) is 0 Å². The Labute approximate surface area is 101 Å². The molecule has 2 rings (SSSR count). The van der Waals surface area contributed by atoms with Crippen LogP contribution in [0.3, 0.4) is 0 Å². The Morgan fingerprint density at radius 3 is 2.24 bits per heavy atom. The topological polar surface area (TPSA) is 49.6 Å². The summed E-state index contributed by atoms with van der Waals surface area (Å²) in [6.45, 7) is 1.84. The average Bonchev–Trinajstić information content (AvgIpc) is 2.39. The third-order valence-corrected chi connectivity index (χ3v) is 2.56. The van der Waals surface area contributed by atoms with Gasteiger partial charge in [-0.1, -0.05) is 6.92 Å². The molecule has 0 bridgehead atoms. The molecular weight excluding hydrogens is 214 g/mol. The molecule has 1 amide bonds. The quantitative estimate of drug-likeness (QED) is 0.791. The minimum Gasteiger partial charge on any atom is -0.399 e. The summed E-state index contributed by atoms with van der Waals surface area (Å²) in [6, 6.07) is 7.56. The zero-order valence-corrected chi connectivity index (χ0v) is 9.71. The molecule has 1 aromatic rings.